The molecule has 2 aromatic carbocycles. The van der Waals surface area contributed by atoms with Gasteiger partial charge in [-0.15, -0.1) is 6.58 Å². The van der Waals surface area contributed by atoms with E-state index in [-0.39, 0.29) is 11.8 Å². The molecule has 2 aliphatic rings. The van der Waals surface area contributed by atoms with E-state index in [0.29, 0.717) is 24.1 Å². The van der Waals surface area contributed by atoms with Crippen molar-refractivity contribution < 1.29 is 19.1 Å². The molecule has 6 nitrogen and oxygen atoms in total. The molecule has 7 heteroatoms. The minimum atomic E-state index is -0.197. The van der Waals surface area contributed by atoms with Crippen molar-refractivity contribution >= 4 is 34.3 Å². The van der Waals surface area contributed by atoms with Crippen LogP contribution in [-0.4, -0.2) is 54.7 Å². The Balaban J connectivity index is 0.000000151. The number of benzene rings is 2. The van der Waals surface area contributed by atoms with E-state index in [1.807, 2.05) is 37.3 Å². The molecule has 1 saturated heterocycles. The fourth-order valence-electron chi connectivity index (χ4n) is 3.36. The molecule has 0 aliphatic carbocycles. The molecule has 3 aromatic rings. The van der Waals surface area contributed by atoms with E-state index >= 15 is 0 Å². The van der Waals surface area contributed by atoms with Gasteiger partial charge in [-0.05, 0) is 37.6 Å². The number of nitrogens with zero attached hydrogens (tertiary/aromatic N) is 2. The van der Waals surface area contributed by atoms with Gasteiger partial charge in [0.05, 0.1) is 48.1 Å². The maximum absolute atomic E-state index is 11.8. The molecule has 0 unspecified atom stereocenters. The van der Waals surface area contributed by atoms with Gasteiger partial charge in [-0.2, -0.15) is 0 Å². The van der Waals surface area contributed by atoms with Gasteiger partial charge in [0.25, 0.3) is 11.8 Å². The quantitative estimate of drug-likeness (QED) is 0.397. The number of ether oxygens (including phenoxy) is 2. The lowest BCUT2D eigenvalue weighted by molar-refractivity contribution is -0.0334. The summed E-state index contributed by atoms with van der Waals surface area (Å²) in [5, 5.41) is 1.79. The highest BCUT2D eigenvalue weighted by atomic mass is 35.5. The Morgan fingerprint density at radius 3 is 2.06 bits per heavy atom. The number of carbonyl (C=O) groups is 2. The highest BCUT2D eigenvalue weighted by molar-refractivity contribution is 6.35. The van der Waals surface area contributed by atoms with Crippen LogP contribution in [-0.2, 0) is 9.47 Å². The predicted octanol–water partition coefficient (Wildman–Crippen LogP) is 5.09. The maximum Gasteiger partial charge on any atom is 0.261 e. The smallest absolute Gasteiger partial charge is 0.261 e. The number of pyridine rings is 1. The highest BCUT2D eigenvalue weighted by Gasteiger charge is 2.34. The molecule has 2 aliphatic heterocycles. The normalized spacial score (nSPS) is 14.7. The van der Waals surface area contributed by atoms with Crippen LogP contribution in [0.5, 0.6) is 0 Å². The zero-order valence-electron chi connectivity index (χ0n) is 18.6. The molecule has 2 amide bonds. The molecule has 0 spiro atoms. The molecule has 172 valence electrons. The zero-order chi connectivity index (χ0) is 23.6. The third kappa shape index (κ3) is 6.48. The van der Waals surface area contributed by atoms with E-state index in [9.17, 15) is 9.59 Å². The summed E-state index contributed by atoms with van der Waals surface area (Å²) in [7, 11) is 0. The van der Waals surface area contributed by atoms with Gasteiger partial charge in [0, 0.05) is 17.6 Å². The SMILES string of the molecule is C1COCCO1.C=CCCN1C(=O)c2ccccc2C1=O.Cc1cc(Cl)c2ccccc2n1. The van der Waals surface area contributed by atoms with Crippen LogP contribution in [0.2, 0.25) is 5.02 Å². The number of para-hydroxylation sites is 1. The molecule has 5 rings (SSSR count). The average Bonchev–Trinajstić information content (AvgIpc) is 3.09. The number of aromatic nitrogens is 1. The first-order valence-corrected chi connectivity index (χ1v) is 11.1. The summed E-state index contributed by atoms with van der Waals surface area (Å²) in [6, 6.07) is 16.6. The predicted molar refractivity (Wildman–Crippen MR) is 130 cm³/mol. The van der Waals surface area contributed by atoms with Crippen molar-refractivity contribution in [3.63, 3.8) is 0 Å². The fourth-order valence-corrected chi connectivity index (χ4v) is 3.68. The van der Waals surface area contributed by atoms with Gasteiger partial charge in [0.2, 0.25) is 0 Å². The van der Waals surface area contributed by atoms with Gasteiger partial charge in [-0.3, -0.25) is 19.5 Å². The molecule has 0 bridgehead atoms. The minimum Gasteiger partial charge on any atom is -0.377 e. The molecule has 1 aromatic heterocycles. The van der Waals surface area contributed by atoms with E-state index in [2.05, 4.69) is 11.6 Å². The molecule has 0 saturated carbocycles. The summed E-state index contributed by atoms with van der Waals surface area (Å²) in [5.74, 6) is -0.394. The zero-order valence-corrected chi connectivity index (χ0v) is 19.4. The molecular weight excluding hydrogens is 440 g/mol. The van der Waals surface area contributed by atoms with E-state index in [4.69, 9.17) is 21.1 Å². The minimum absolute atomic E-state index is 0.197. The standard InChI is InChI=1S/C12H11NO2.C10H8ClN.C4H8O2/c1-2-3-8-13-11(14)9-6-4-5-7-10(9)12(13)15;1-7-6-9(11)8-4-2-3-5-10(8)12-7;1-2-6-4-3-5-1/h2,4-7H,1,3,8H2;2-6H,1H3;1-4H2. The second kappa shape index (κ2) is 12.3. The van der Waals surface area contributed by atoms with Gasteiger partial charge < -0.3 is 9.47 Å². The number of rotatable bonds is 3. The third-order valence-electron chi connectivity index (χ3n) is 4.97. The van der Waals surface area contributed by atoms with Crippen molar-refractivity contribution in [3.05, 3.63) is 89.1 Å². The first-order valence-electron chi connectivity index (χ1n) is 10.8. The fraction of sp³-hybridized carbons (Fsp3) is 0.269. The maximum atomic E-state index is 11.8. The van der Waals surface area contributed by atoms with Crippen molar-refractivity contribution in [2.24, 2.45) is 0 Å². The number of fused-ring (bicyclic) bond motifs is 2. The Labute approximate surface area is 198 Å². The number of hydrogen-bond donors (Lipinski definition) is 0. The van der Waals surface area contributed by atoms with Gasteiger partial charge in [0.15, 0.2) is 0 Å². The van der Waals surface area contributed by atoms with Gasteiger partial charge in [-0.1, -0.05) is 48.0 Å². The Hall–Kier alpha value is -3.06. The Bertz CT molecular complexity index is 1080. The molecule has 1 fully saturated rings. The summed E-state index contributed by atoms with van der Waals surface area (Å²) in [4.78, 5) is 29.2. The van der Waals surface area contributed by atoms with Crippen LogP contribution in [0.25, 0.3) is 10.9 Å². The lowest BCUT2D eigenvalue weighted by Gasteiger charge is -2.11. The van der Waals surface area contributed by atoms with Gasteiger partial charge in [0.1, 0.15) is 0 Å². The molecule has 0 N–H and O–H groups in total. The van der Waals surface area contributed by atoms with Crippen LogP contribution in [0.1, 0.15) is 32.8 Å². The monoisotopic (exact) mass is 466 g/mol. The number of carbonyl (C=O) groups excluding carboxylic acids is 2. The van der Waals surface area contributed by atoms with Crippen LogP contribution in [0.4, 0.5) is 0 Å². The number of hydrogen-bond acceptors (Lipinski definition) is 5. The summed E-state index contributed by atoms with van der Waals surface area (Å²) in [5.41, 5.74) is 2.93. The lowest BCUT2D eigenvalue weighted by Crippen LogP contribution is -2.30. The average molecular weight is 467 g/mol. The van der Waals surface area contributed by atoms with E-state index in [1.165, 1.54) is 4.90 Å². The van der Waals surface area contributed by atoms with Crippen LogP contribution < -0.4 is 0 Å². The Kier molecular flexibility index (Phi) is 9.13. The second-order valence-electron chi connectivity index (χ2n) is 7.37. The molecular formula is C26H27ClN2O4. The number of aryl methyl sites for hydroxylation is 1. The van der Waals surface area contributed by atoms with Crippen molar-refractivity contribution in [3.8, 4) is 0 Å². The Morgan fingerprint density at radius 2 is 1.52 bits per heavy atom. The number of imide groups is 1. The van der Waals surface area contributed by atoms with Crippen LogP contribution >= 0.6 is 11.6 Å². The highest BCUT2D eigenvalue weighted by Crippen LogP contribution is 2.23. The van der Waals surface area contributed by atoms with Crippen molar-refractivity contribution in [2.75, 3.05) is 33.0 Å². The van der Waals surface area contributed by atoms with Gasteiger partial charge in [-0.25, -0.2) is 0 Å². The van der Waals surface area contributed by atoms with Crippen LogP contribution in [0, 0.1) is 6.92 Å². The van der Waals surface area contributed by atoms with Gasteiger partial charge >= 0.3 is 0 Å². The second-order valence-corrected chi connectivity index (χ2v) is 7.78. The third-order valence-corrected chi connectivity index (χ3v) is 5.29. The van der Waals surface area contributed by atoms with Crippen molar-refractivity contribution in [1.82, 2.24) is 9.88 Å². The summed E-state index contributed by atoms with van der Waals surface area (Å²) >= 11 is 6.02. The molecule has 3 heterocycles. The summed E-state index contributed by atoms with van der Waals surface area (Å²) in [6.07, 6.45) is 2.33. The summed E-state index contributed by atoms with van der Waals surface area (Å²) < 4.78 is 9.89. The summed E-state index contributed by atoms with van der Waals surface area (Å²) in [6.45, 7) is 9.04. The number of halogens is 1. The first kappa shape index (κ1) is 24.6. The topological polar surface area (TPSA) is 68.7 Å². The van der Waals surface area contributed by atoms with Crippen molar-refractivity contribution in [2.45, 2.75) is 13.3 Å². The first-order chi connectivity index (χ1) is 16.0. The van der Waals surface area contributed by atoms with Crippen LogP contribution in [0.15, 0.2) is 67.3 Å². The van der Waals surface area contributed by atoms with E-state index in [1.54, 1.807) is 30.3 Å². The number of amides is 2. The molecule has 0 radical (unpaired) electrons. The molecule has 0 atom stereocenters. The largest absolute Gasteiger partial charge is 0.377 e. The Morgan fingerprint density at radius 1 is 0.970 bits per heavy atom. The van der Waals surface area contributed by atoms with E-state index < -0.39 is 0 Å². The van der Waals surface area contributed by atoms with Crippen LogP contribution in [0.3, 0.4) is 0 Å². The molecule has 33 heavy (non-hydrogen) atoms. The van der Waals surface area contributed by atoms with Crippen molar-refractivity contribution in [1.29, 1.82) is 0 Å². The van der Waals surface area contributed by atoms with E-state index in [0.717, 1.165) is 48.0 Å². The lowest BCUT2D eigenvalue weighted by atomic mass is 10.1.